The molecule has 0 saturated carbocycles. The Bertz CT molecular complexity index is 1250. The first kappa shape index (κ1) is 18.3. The van der Waals surface area contributed by atoms with Crippen molar-refractivity contribution >= 4 is 28.4 Å². The van der Waals surface area contributed by atoms with E-state index in [1.807, 2.05) is 0 Å². The molecule has 29 heavy (non-hydrogen) atoms. The van der Waals surface area contributed by atoms with E-state index in [1.54, 1.807) is 54.3 Å². The highest BCUT2D eigenvalue weighted by Gasteiger charge is 2.16. The van der Waals surface area contributed by atoms with Crippen LogP contribution >= 0.6 is 0 Å². The molecule has 7 nitrogen and oxygen atoms in total. The number of nitrogens with two attached hydrogens (primary N) is 1. The molecule has 144 valence electrons. The van der Waals surface area contributed by atoms with Gasteiger partial charge in [-0.3, -0.25) is 14.6 Å². The van der Waals surface area contributed by atoms with Gasteiger partial charge in [0.25, 0.3) is 5.91 Å². The number of halogens is 1. The van der Waals surface area contributed by atoms with Crippen molar-refractivity contribution in [3.63, 3.8) is 0 Å². The first-order valence-corrected chi connectivity index (χ1v) is 8.73. The quantitative estimate of drug-likeness (QED) is 0.559. The number of nitrogens with zero attached hydrogens (tertiary/aromatic N) is 3. The molecule has 0 fully saturated rings. The number of aryl methyl sites for hydroxylation is 1. The zero-order valence-corrected chi connectivity index (χ0v) is 15.4. The number of pyridine rings is 1. The molecule has 0 aliphatic heterocycles. The Labute approximate surface area is 165 Å². The summed E-state index contributed by atoms with van der Waals surface area (Å²) in [4.78, 5) is 28.3. The Morgan fingerprint density at radius 1 is 1.07 bits per heavy atom. The number of carbonyl (C=O) groups excluding carboxylic acids is 2. The molecular formula is C21H16FN5O2. The Kier molecular flexibility index (Phi) is 4.52. The molecule has 0 saturated heterocycles. The van der Waals surface area contributed by atoms with Crippen LogP contribution in [0.2, 0.25) is 0 Å². The van der Waals surface area contributed by atoms with Crippen LogP contribution in [0.15, 0.2) is 61.1 Å². The van der Waals surface area contributed by atoms with Crippen LogP contribution in [0.4, 0.5) is 10.1 Å². The van der Waals surface area contributed by atoms with Gasteiger partial charge in [-0.25, -0.2) is 9.07 Å². The van der Waals surface area contributed by atoms with Crippen LogP contribution in [0.1, 0.15) is 26.3 Å². The van der Waals surface area contributed by atoms with E-state index in [4.69, 9.17) is 5.73 Å². The molecule has 0 unspecified atom stereocenters. The Balaban J connectivity index is 1.68. The zero-order chi connectivity index (χ0) is 20.5. The van der Waals surface area contributed by atoms with Crippen molar-refractivity contribution in [2.75, 3.05) is 5.32 Å². The van der Waals surface area contributed by atoms with Crippen LogP contribution in [-0.4, -0.2) is 26.6 Å². The number of aromatic nitrogens is 3. The van der Waals surface area contributed by atoms with Crippen LogP contribution in [0.3, 0.4) is 0 Å². The summed E-state index contributed by atoms with van der Waals surface area (Å²) in [6.45, 7) is 1.77. The number of carbonyl (C=O) groups is 2. The number of fused-ring (bicyclic) bond motifs is 1. The lowest BCUT2D eigenvalue weighted by Gasteiger charge is -2.10. The van der Waals surface area contributed by atoms with Gasteiger partial charge < -0.3 is 11.1 Å². The summed E-state index contributed by atoms with van der Waals surface area (Å²) in [7, 11) is 0. The highest BCUT2D eigenvalue weighted by molar-refractivity contribution is 6.12. The third-order valence-electron chi connectivity index (χ3n) is 4.57. The topological polar surface area (TPSA) is 103 Å². The summed E-state index contributed by atoms with van der Waals surface area (Å²) in [5, 5.41) is 7.75. The monoisotopic (exact) mass is 389 g/mol. The number of benzene rings is 2. The lowest BCUT2D eigenvalue weighted by Crippen LogP contribution is -2.15. The van der Waals surface area contributed by atoms with Crippen LogP contribution in [0, 0.1) is 12.7 Å². The highest BCUT2D eigenvalue weighted by atomic mass is 19.1. The lowest BCUT2D eigenvalue weighted by molar-refractivity contribution is 0.0998. The minimum absolute atomic E-state index is 0.342. The molecule has 8 heteroatoms. The van der Waals surface area contributed by atoms with Crippen LogP contribution < -0.4 is 11.1 Å². The zero-order valence-electron chi connectivity index (χ0n) is 15.4. The maximum absolute atomic E-state index is 13.2. The maximum Gasteiger partial charge on any atom is 0.257 e. The minimum Gasteiger partial charge on any atom is -0.366 e. The van der Waals surface area contributed by atoms with Gasteiger partial charge in [0.15, 0.2) is 0 Å². The van der Waals surface area contributed by atoms with E-state index in [0.717, 1.165) is 0 Å². The van der Waals surface area contributed by atoms with Crippen molar-refractivity contribution < 1.29 is 14.0 Å². The van der Waals surface area contributed by atoms with Crippen LogP contribution in [0.25, 0.3) is 16.6 Å². The summed E-state index contributed by atoms with van der Waals surface area (Å²) in [6, 6.07) is 10.7. The average molecular weight is 389 g/mol. The van der Waals surface area contributed by atoms with E-state index in [1.165, 1.54) is 18.3 Å². The second-order valence-corrected chi connectivity index (χ2v) is 6.50. The minimum atomic E-state index is -0.534. The number of primary amides is 1. The highest BCUT2D eigenvalue weighted by Crippen LogP contribution is 2.23. The number of anilines is 1. The van der Waals surface area contributed by atoms with Gasteiger partial charge in [-0.2, -0.15) is 5.10 Å². The first-order chi connectivity index (χ1) is 13.9. The van der Waals surface area contributed by atoms with Crippen molar-refractivity contribution in [2.45, 2.75) is 6.92 Å². The van der Waals surface area contributed by atoms with Crippen LogP contribution in [-0.2, 0) is 0 Å². The van der Waals surface area contributed by atoms with Gasteiger partial charge in [0.1, 0.15) is 5.82 Å². The standard InChI is InChI=1S/C21H16FN5O2/c1-12-8-13(20(23)28)2-7-18(12)26-21(29)17-9-24-11-19-16(17)10-25-27(19)15-5-3-14(22)4-6-15/h2-11H,1H3,(H2,23,28)(H,26,29). The smallest absolute Gasteiger partial charge is 0.257 e. The largest absolute Gasteiger partial charge is 0.366 e. The molecular weight excluding hydrogens is 373 g/mol. The van der Waals surface area contributed by atoms with Gasteiger partial charge in [0.05, 0.1) is 29.2 Å². The second-order valence-electron chi connectivity index (χ2n) is 6.50. The predicted molar refractivity (Wildman–Crippen MR) is 106 cm³/mol. The van der Waals surface area contributed by atoms with E-state index in [9.17, 15) is 14.0 Å². The fourth-order valence-electron chi connectivity index (χ4n) is 3.06. The lowest BCUT2D eigenvalue weighted by atomic mass is 10.1. The predicted octanol–water partition coefficient (Wildman–Crippen LogP) is 3.22. The van der Waals surface area contributed by atoms with Gasteiger partial charge in [0, 0.05) is 22.8 Å². The van der Waals surface area contributed by atoms with E-state index in [2.05, 4.69) is 15.4 Å². The van der Waals surface area contributed by atoms with Crippen molar-refractivity contribution in [1.29, 1.82) is 0 Å². The summed E-state index contributed by atoms with van der Waals surface area (Å²) in [5.74, 6) is -1.24. The molecule has 0 aliphatic rings. The van der Waals surface area contributed by atoms with Crippen molar-refractivity contribution in [3.05, 3.63) is 83.6 Å². The summed E-state index contributed by atoms with van der Waals surface area (Å²) >= 11 is 0. The number of amides is 2. The summed E-state index contributed by atoms with van der Waals surface area (Å²) < 4.78 is 14.8. The average Bonchev–Trinajstić information content (AvgIpc) is 3.14. The van der Waals surface area contributed by atoms with Gasteiger partial charge in [-0.15, -0.1) is 0 Å². The molecule has 2 heterocycles. The Morgan fingerprint density at radius 3 is 2.52 bits per heavy atom. The number of hydrogen-bond donors (Lipinski definition) is 2. The van der Waals surface area contributed by atoms with E-state index in [0.29, 0.717) is 39.0 Å². The fourth-order valence-corrected chi connectivity index (χ4v) is 3.06. The van der Waals surface area contributed by atoms with Crippen molar-refractivity contribution in [3.8, 4) is 5.69 Å². The third kappa shape index (κ3) is 3.43. The van der Waals surface area contributed by atoms with Gasteiger partial charge in [0.2, 0.25) is 5.91 Å². The molecule has 2 aromatic heterocycles. The summed E-state index contributed by atoms with van der Waals surface area (Å²) in [5.41, 5.74) is 8.52. The molecule has 2 aromatic carbocycles. The molecule has 2 amide bonds. The molecule has 4 rings (SSSR count). The van der Waals surface area contributed by atoms with Crippen LogP contribution in [0.5, 0.6) is 0 Å². The molecule has 0 bridgehead atoms. The Morgan fingerprint density at radius 2 is 1.83 bits per heavy atom. The number of hydrogen-bond acceptors (Lipinski definition) is 4. The summed E-state index contributed by atoms with van der Waals surface area (Å²) in [6.07, 6.45) is 4.62. The number of rotatable bonds is 4. The van der Waals surface area contributed by atoms with Gasteiger partial charge >= 0.3 is 0 Å². The molecule has 0 radical (unpaired) electrons. The first-order valence-electron chi connectivity index (χ1n) is 8.73. The molecule has 0 atom stereocenters. The molecule has 3 N–H and O–H groups in total. The molecule has 4 aromatic rings. The number of nitrogens with one attached hydrogen (secondary N) is 1. The molecule has 0 aliphatic carbocycles. The van der Waals surface area contributed by atoms with Crippen molar-refractivity contribution in [2.24, 2.45) is 5.73 Å². The normalized spacial score (nSPS) is 10.8. The van der Waals surface area contributed by atoms with E-state index in [-0.39, 0.29) is 11.7 Å². The van der Waals surface area contributed by atoms with Gasteiger partial charge in [-0.1, -0.05) is 0 Å². The third-order valence-corrected chi connectivity index (χ3v) is 4.57. The van der Waals surface area contributed by atoms with E-state index >= 15 is 0 Å². The molecule has 0 spiro atoms. The Hall–Kier alpha value is -4.07. The SMILES string of the molecule is Cc1cc(C(N)=O)ccc1NC(=O)c1cncc2c1cnn2-c1ccc(F)cc1. The van der Waals surface area contributed by atoms with Gasteiger partial charge in [-0.05, 0) is 55.0 Å². The maximum atomic E-state index is 13.2. The second kappa shape index (κ2) is 7.16. The van der Waals surface area contributed by atoms with E-state index < -0.39 is 5.91 Å². The fraction of sp³-hybridized carbons (Fsp3) is 0.0476. The van der Waals surface area contributed by atoms with Crippen molar-refractivity contribution in [1.82, 2.24) is 14.8 Å².